The van der Waals surface area contributed by atoms with Gasteiger partial charge in [-0.1, -0.05) is 146 Å². The highest BCUT2D eigenvalue weighted by Crippen LogP contribution is 2.59. The van der Waals surface area contributed by atoms with Crippen molar-refractivity contribution in [2.45, 2.75) is 12.1 Å². The Labute approximate surface area is 287 Å². The van der Waals surface area contributed by atoms with Crippen molar-refractivity contribution in [1.29, 1.82) is 0 Å². The Kier molecular flexibility index (Phi) is 3.99. The van der Waals surface area contributed by atoms with Crippen molar-refractivity contribution < 1.29 is 0 Å². The van der Waals surface area contributed by atoms with Gasteiger partial charge in [0.05, 0.1) is 34.2 Å². The normalized spacial score (nSPS) is 16.8. The van der Waals surface area contributed by atoms with Gasteiger partial charge >= 0.3 is 0 Å². The van der Waals surface area contributed by atoms with Gasteiger partial charge in [-0.3, -0.25) is 0 Å². The lowest BCUT2D eigenvalue weighted by atomic mass is 9.77. The summed E-state index contributed by atoms with van der Waals surface area (Å²) in [5.74, 6) is 0. The van der Waals surface area contributed by atoms with E-state index in [2.05, 4.69) is 155 Å². The van der Waals surface area contributed by atoms with Crippen molar-refractivity contribution in [3.8, 4) is 44.5 Å². The molecule has 2 nitrogen and oxygen atoms in total. The van der Waals surface area contributed by atoms with E-state index in [0.717, 1.165) is 0 Å². The molecule has 50 heavy (non-hydrogen) atoms. The van der Waals surface area contributed by atoms with Gasteiger partial charge in [-0.05, 0) is 55.3 Å². The molecule has 2 aromatic heterocycles. The number of aromatic nitrogens is 2. The minimum atomic E-state index is 0.126. The maximum Gasteiger partial charge on any atom is 0.0857 e. The Hall–Kier alpha value is -6.38. The molecule has 0 N–H and O–H groups in total. The number of nitrogens with zero attached hydrogens (tertiary/aromatic N) is 2. The van der Waals surface area contributed by atoms with Gasteiger partial charge in [0, 0.05) is 43.8 Å². The number of benzene rings is 8. The Morgan fingerprint density at radius 1 is 0.260 bits per heavy atom. The molecular formula is C48H26N2. The van der Waals surface area contributed by atoms with Crippen LogP contribution in [0, 0.1) is 0 Å². The number of fused-ring (bicyclic) bond motifs is 17. The Morgan fingerprint density at radius 3 is 1.06 bits per heavy atom. The third-order valence-electron chi connectivity index (χ3n) is 12.7. The van der Waals surface area contributed by atoms with Crippen molar-refractivity contribution in [2.75, 3.05) is 0 Å². The molecule has 2 unspecified atom stereocenters. The SMILES string of the molecule is c1ccc2c(c1)-c1cccc3c4cccc5c4n(c13)C2c1ccc2c3c(ccc2c1-5)C1c2ccccc2-c2cccc4c5cccc-3c5n1c24. The molecule has 2 heteroatoms. The molecule has 0 saturated carbocycles. The van der Waals surface area contributed by atoms with Crippen LogP contribution in [0.2, 0.25) is 0 Å². The standard InChI is InChI=1S/C48H26N2/c1-3-11-29-25(9-1)31-13-5-15-33-35-17-7-19-37-41-27-22-24-40-42(28(27)21-23-39(41)45(29)49(43(31)33)47(35)37)38-20-8-18-36-34-16-6-14-32-26-10-2-4-12-30(26)46(40)50(44(32)34)48(36)38/h1-24,45-46H. The molecule has 0 radical (unpaired) electrons. The summed E-state index contributed by atoms with van der Waals surface area (Å²) in [4.78, 5) is 0. The van der Waals surface area contributed by atoms with E-state index in [9.17, 15) is 0 Å². The van der Waals surface area contributed by atoms with Gasteiger partial charge in [0.25, 0.3) is 0 Å². The zero-order chi connectivity index (χ0) is 32.0. The summed E-state index contributed by atoms with van der Waals surface area (Å²) >= 11 is 0. The van der Waals surface area contributed by atoms with E-state index in [4.69, 9.17) is 0 Å². The summed E-state index contributed by atoms with van der Waals surface area (Å²) in [7, 11) is 0. The van der Waals surface area contributed by atoms with Crippen molar-refractivity contribution >= 4 is 54.4 Å². The molecule has 14 rings (SSSR count). The van der Waals surface area contributed by atoms with Gasteiger partial charge in [-0.2, -0.15) is 0 Å². The first kappa shape index (κ1) is 24.7. The Balaban J connectivity index is 1.17. The van der Waals surface area contributed by atoms with Crippen molar-refractivity contribution in [1.82, 2.24) is 9.13 Å². The third-order valence-corrected chi connectivity index (χ3v) is 12.7. The van der Waals surface area contributed by atoms with E-state index < -0.39 is 0 Å². The minimum absolute atomic E-state index is 0.126. The first-order valence-corrected chi connectivity index (χ1v) is 17.8. The predicted octanol–water partition coefficient (Wildman–Crippen LogP) is 12.3. The summed E-state index contributed by atoms with van der Waals surface area (Å²) in [5, 5.41) is 8.09. The molecule has 0 bridgehead atoms. The lowest BCUT2D eigenvalue weighted by Gasteiger charge is -2.37. The van der Waals surface area contributed by atoms with E-state index >= 15 is 0 Å². The third kappa shape index (κ3) is 2.50. The number of rotatable bonds is 0. The summed E-state index contributed by atoms with van der Waals surface area (Å²) in [6.45, 7) is 0. The van der Waals surface area contributed by atoms with Crippen LogP contribution in [0.4, 0.5) is 0 Å². The molecule has 0 aliphatic carbocycles. The van der Waals surface area contributed by atoms with Gasteiger partial charge in [-0.25, -0.2) is 0 Å². The van der Waals surface area contributed by atoms with Crippen LogP contribution in [-0.2, 0) is 0 Å². The molecule has 0 spiro atoms. The molecule has 2 atom stereocenters. The van der Waals surface area contributed by atoms with Gasteiger partial charge in [0.15, 0.2) is 0 Å². The average molecular weight is 631 g/mol. The second-order valence-corrected chi connectivity index (χ2v) is 14.7. The molecule has 0 amide bonds. The summed E-state index contributed by atoms with van der Waals surface area (Å²) in [6.07, 6.45) is 0. The van der Waals surface area contributed by atoms with Crippen molar-refractivity contribution in [3.05, 3.63) is 168 Å². The molecule has 4 aliphatic heterocycles. The lowest BCUT2D eigenvalue weighted by Crippen LogP contribution is -2.22. The van der Waals surface area contributed by atoms with Crippen LogP contribution >= 0.6 is 0 Å². The molecule has 8 aromatic carbocycles. The number of hydrogen-bond donors (Lipinski definition) is 0. The molecule has 6 heterocycles. The highest BCUT2D eigenvalue weighted by Gasteiger charge is 2.39. The molecular weight excluding hydrogens is 605 g/mol. The number of para-hydroxylation sites is 4. The summed E-state index contributed by atoms with van der Waals surface area (Å²) < 4.78 is 5.33. The Morgan fingerprint density at radius 2 is 0.620 bits per heavy atom. The molecule has 0 fully saturated rings. The highest BCUT2D eigenvalue weighted by molar-refractivity contribution is 6.23. The second-order valence-electron chi connectivity index (χ2n) is 14.7. The van der Waals surface area contributed by atoms with Gasteiger partial charge < -0.3 is 9.13 Å². The van der Waals surface area contributed by atoms with Gasteiger partial charge in [0.1, 0.15) is 0 Å². The van der Waals surface area contributed by atoms with Crippen LogP contribution in [0.3, 0.4) is 0 Å². The summed E-state index contributed by atoms with van der Waals surface area (Å²) in [6, 6.07) is 56.0. The van der Waals surface area contributed by atoms with Gasteiger partial charge in [0.2, 0.25) is 0 Å². The fraction of sp³-hybridized carbons (Fsp3) is 0.0417. The molecule has 4 aliphatic rings. The smallest absolute Gasteiger partial charge is 0.0857 e. The van der Waals surface area contributed by atoms with E-state index in [1.165, 1.54) is 121 Å². The average Bonchev–Trinajstić information content (AvgIpc) is 3.70. The van der Waals surface area contributed by atoms with Crippen LogP contribution in [0.25, 0.3) is 98.9 Å². The minimum Gasteiger partial charge on any atom is -0.328 e. The van der Waals surface area contributed by atoms with Crippen LogP contribution < -0.4 is 0 Å². The van der Waals surface area contributed by atoms with Crippen LogP contribution in [0.1, 0.15) is 34.3 Å². The first-order chi connectivity index (χ1) is 24.9. The monoisotopic (exact) mass is 630 g/mol. The van der Waals surface area contributed by atoms with Crippen LogP contribution in [-0.4, -0.2) is 9.13 Å². The zero-order valence-corrected chi connectivity index (χ0v) is 26.9. The maximum absolute atomic E-state index is 2.67. The number of hydrogen-bond acceptors (Lipinski definition) is 0. The topological polar surface area (TPSA) is 9.86 Å². The highest BCUT2D eigenvalue weighted by atomic mass is 15.1. The van der Waals surface area contributed by atoms with Crippen LogP contribution in [0.5, 0.6) is 0 Å². The van der Waals surface area contributed by atoms with Gasteiger partial charge in [-0.15, -0.1) is 0 Å². The van der Waals surface area contributed by atoms with E-state index in [1.54, 1.807) is 0 Å². The lowest BCUT2D eigenvalue weighted by molar-refractivity contribution is 0.716. The fourth-order valence-corrected chi connectivity index (χ4v) is 11.0. The molecule has 0 saturated heterocycles. The summed E-state index contributed by atoms with van der Waals surface area (Å²) in [5.41, 5.74) is 21.9. The Bertz CT molecular complexity index is 3060. The fourth-order valence-electron chi connectivity index (χ4n) is 11.0. The largest absolute Gasteiger partial charge is 0.328 e. The van der Waals surface area contributed by atoms with Crippen molar-refractivity contribution in [3.63, 3.8) is 0 Å². The van der Waals surface area contributed by atoms with E-state index in [1.807, 2.05) is 0 Å². The zero-order valence-electron chi connectivity index (χ0n) is 26.9. The predicted molar refractivity (Wildman–Crippen MR) is 206 cm³/mol. The first-order valence-electron chi connectivity index (χ1n) is 17.8. The van der Waals surface area contributed by atoms with Crippen molar-refractivity contribution in [2.24, 2.45) is 0 Å². The van der Waals surface area contributed by atoms with Crippen LogP contribution in [0.15, 0.2) is 146 Å². The van der Waals surface area contributed by atoms with E-state index in [0.29, 0.717) is 0 Å². The maximum atomic E-state index is 2.67. The quantitative estimate of drug-likeness (QED) is 0.158. The molecule has 228 valence electrons. The second kappa shape index (κ2) is 8.07. The van der Waals surface area contributed by atoms with E-state index in [-0.39, 0.29) is 12.1 Å². The molecule has 10 aromatic rings.